The summed E-state index contributed by atoms with van der Waals surface area (Å²) in [4.78, 5) is 12.0. The van der Waals surface area contributed by atoms with Gasteiger partial charge in [-0.3, -0.25) is 5.32 Å². The average Bonchev–Trinajstić information content (AvgIpc) is 2.41. The predicted octanol–water partition coefficient (Wildman–Crippen LogP) is 2.28. The van der Waals surface area contributed by atoms with Crippen LogP contribution in [0.5, 0.6) is 5.75 Å². The highest BCUT2D eigenvalue weighted by molar-refractivity contribution is 9.10. The van der Waals surface area contributed by atoms with Crippen LogP contribution < -0.4 is 10.1 Å². The van der Waals surface area contributed by atoms with Gasteiger partial charge in [0.05, 0.1) is 20.3 Å². The molecule has 0 aliphatic carbocycles. The number of ether oxygens (including phenoxy) is 2. The molecule has 0 saturated carbocycles. The fourth-order valence-corrected chi connectivity index (χ4v) is 2.05. The molecular formula is C14H16BrNO3. The molecule has 4 nitrogen and oxygen atoms in total. The van der Waals surface area contributed by atoms with Crippen LogP contribution in [0.2, 0.25) is 0 Å². The van der Waals surface area contributed by atoms with Gasteiger partial charge in [-0.05, 0) is 30.7 Å². The van der Waals surface area contributed by atoms with E-state index < -0.39 is 6.04 Å². The normalized spacial score (nSPS) is 11.5. The lowest BCUT2D eigenvalue weighted by molar-refractivity contribution is -0.145. The summed E-state index contributed by atoms with van der Waals surface area (Å²) in [5.41, 5.74) is 0.730. The largest absolute Gasteiger partial charge is 0.497 e. The summed E-state index contributed by atoms with van der Waals surface area (Å²) in [7, 11) is 1.57. The smallest absolute Gasteiger partial charge is 0.327 e. The second-order valence-corrected chi connectivity index (χ2v) is 4.51. The summed E-state index contributed by atoms with van der Waals surface area (Å²) in [6.45, 7) is 2.35. The molecule has 1 aromatic carbocycles. The molecule has 1 rings (SSSR count). The first kappa shape index (κ1) is 15.5. The van der Waals surface area contributed by atoms with Crippen LogP contribution >= 0.6 is 15.9 Å². The number of hydrogen-bond acceptors (Lipinski definition) is 4. The maximum Gasteiger partial charge on any atom is 0.327 e. The molecule has 0 radical (unpaired) electrons. The third-order valence-electron chi connectivity index (χ3n) is 2.44. The molecule has 1 unspecified atom stereocenters. The Morgan fingerprint density at radius 1 is 1.58 bits per heavy atom. The van der Waals surface area contributed by atoms with Crippen molar-refractivity contribution in [3.63, 3.8) is 0 Å². The third-order valence-corrected chi connectivity index (χ3v) is 3.17. The highest BCUT2D eigenvalue weighted by Crippen LogP contribution is 2.28. The van der Waals surface area contributed by atoms with E-state index in [-0.39, 0.29) is 12.5 Å². The summed E-state index contributed by atoms with van der Waals surface area (Å²) in [5.74, 6) is 2.74. The van der Waals surface area contributed by atoms with Gasteiger partial charge in [-0.1, -0.05) is 21.9 Å². The maximum absolute atomic E-state index is 12.0. The van der Waals surface area contributed by atoms with Crippen LogP contribution in [0.3, 0.4) is 0 Å². The van der Waals surface area contributed by atoms with Gasteiger partial charge >= 0.3 is 5.97 Å². The maximum atomic E-state index is 12.0. The van der Waals surface area contributed by atoms with Crippen LogP contribution in [0.15, 0.2) is 22.7 Å². The number of methoxy groups -OCH3 is 1. The zero-order valence-corrected chi connectivity index (χ0v) is 12.5. The lowest BCUT2D eigenvalue weighted by Gasteiger charge is -2.18. The van der Waals surface area contributed by atoms with Crippen LogP contribution in [0.1, 0.15) is 18.5 Å². The predicted molar refractivity (Wildman–Crippen MR) is 76.9 cm³/mol. The van der Waals surface area contributed by atoms with E-state index in [4.69, 9.17) is 15.9 Å². The number of hydrogen-bond donors (Lipinski definition) is 1. The molecule has 0 heterocycles. The van der Waals surface area contributed by atoms with E-state index in [9.17, 15) is 4.79 Å². The number of benzene rings is 1. The van der Waals surface area contributed by atoms with Gasteiger partial charge in [0.25, 0.3) is 0 Å². The highest BCUT2D eigenvalue weighted by Gasteiger charge is 2.23. The van der Waals surface area contributed by atoms with E-state index in [0.29, 0.717) is 12.4 Å². The number of esters is 1. The van der Waals surface area contributed by atoms with E-state index >= 15 is 0 Å². The molecule has 0 aliphatic rings. The topological polar surface area (TPSA) is 47.6 Å². The third kappa shape index (κ3) is 4.27. The van der Waals surface area contributed by atoms with Crippen LogP contribution in [0.25, 0.3) is 0 Å². The average molecular weight is 326 g/mol. The summed E-state index contributed by atoms with van der Waals surface area (Å²) in [6.07, 6.45) is 5.22. The van der Waals surface area contributed by atoms with Crippen LogP contribution in [0.4, 0.5) is 0 Å². The first-order valence-corrected chi connectivity index (χ1v) is 6.60. The van der Waals surface area contributed by atoms with Crippen molar-refractivity contribution in [1.29, 1.82) is 0 Å². The monoisotopic (exact) mass is 325 g/mol. The van der Waals surface area contributed by atoms with Crippen molar-refractivity contribution in [2.24, 2.45) is 0 Å². The van der Waals surface area contributed by atoms with Gasteiger partial charge in [0.15, 0.2) is 0 Å². The Morgan fingerprint density at radius 2 is 2.32 bits per heavy atom. The molecule has 19 heavy (non-hydrogen) atoms. The minimum Gasteiger partial charge on any atom is -0.497 e. The Morgan fingerprint density at radius 3 is 2.89 bits per heavy atom. The van der Waals surface area contributed by atoms with Crippen LogP contribution in [-0.4, -0.2) is 26.2 Å². The Bertz CT molecular complexity index is 482. The lowest BCUT2D eigenvalue weighted by atomic mass is 10.1. The molecule has 0 bridgehead atoms. The number of terminal acetylenes is 1. The molecule has 1 atom stereocenters. The van der Waals surface area contributed by atoms with E-state index in [1.54, 1.807) is 26.2 Å². The van der Waals surface area contributed by atoms with Gasteiger partial charge in [0, 0.05) is 4.47 Å². The highest BCUT2D eigenvalue weighted by atomic mass is 79.9. The molecule has 0 aliphatic heterocycles. The molecule has 0 spiro atoms. The van der Waals surface area contributed by atoms with Crippen molar-refractivity contribution in [3.8, 4) is 18.1 Å². The van der Waals surface area contributed by atoms with E-state index in [1.807, 2.05) is 6.07 Å². The number of rotatable bonds is 6. The molecule has 5 heteroatoms. The van der Waals surface area contributed by atoms with Crippen molar-refractivity contribution in [2.45, 2.75) is 13.0 Å². The summed E-state index contributed by atoms with van der Waals surface area (Å²) < 4.78 is 11.0. The fraction of sp³-hybridized carbons (Fsp3) is 0.357. The van der Waals surface area contributed by atoms with Gasteiger partial charge in [-0.25, -0.2) is 4.79 Å². The standard InChI is InChI=1S/C14H16BrNO3/c1-4-8-16-13(14(17)19-5-2)11-9-10(18-3)6-7-12(11)15/h1,6-7,9,13,16H,5,8H2,2-3H3. The zero-order valence-electron chi connectivity index (χ0n) is 10.9. The summed E-state index contributed by atoms with van der Waals surface area (Å²) in [5, 5.41) is 2.97. The number of nitrogens with one attached hydrogen (secondary N) is 1. The number of carbonyl (C=O) groups is 1. The van der Waals surface area contributed by atoms with Gasteiger partial charge in [-0.2, -0.15) is 0 Å². The molecule has 0 saturated heterocycles. The molecule has 0 amide bonds. The lowest BCUT2D eigenvalue weighted by Crippen LogP contribution is -2.30. The summed E-state index contributed by atoms with van der Waals surface area (Å²) >= 11 is 3.42. The van der Waals surface area contributed by atoms with Crippen LogP contribution in [-0.2, 0) is 9.53 Å². The van der Waals surface area contributed by atoms with Gasteiger partial charge in [0.2, 0.25) is 0 Å². The quantitative estimate of drug-likeness (QED) is 0.644. The molecule has 102 valence electrons. The molecule has 0 fully saturated rings. The Labute approximate surface area is 121 Å². The molecule has 1 N–H and O–H groups in total. The first-order valence-electron chi connectivity index (χ1n) is 5.81. The minimum atomic E-state index is -0.625. The second kappa shape index (κ2) is 7.82. The minimum absolute atomic E-state index is 0.271. The molecule has 1 aromatic rings. The SMILES string of the molecule is C#CCNC(C(=O)OCC)c1cc(OC)ccc1Br. The molecule has 0 aromatic heterocycles. The van der Waals surface area contributed by atoms with Crippen molar-refractivity contribution in [1.82, 2.24) is 5.32 Å². The number of halogens is 1. The fourth-order valence-electron chi connectivity index (χ4n) is 1.58. The summed E-state index contributed by atoms with van der Waals surface area (Å²) in [6, 6.07) is 4.77. The zero-order chi connectivity index (χ0) is 14.3. The Balaban J connectivity index is 3.08. The molecular weight excluding hydrogens is 310 g/mol. The Hall–Kier alpha value is -1.51. The van der Waals surface area contributed by atoms with E-state index in [0.717, 1.165) is 10.0 Å². The van der Waals surface area contributed by atoms with Crippen molar-refractivity contribution in [3.05, 3.63) is 28.2 Å². The Kier molecular flexibility index (Phi) is 6.40. The van der Waals surface area contributed by atoms with E-state index in [1.165, 1.54) is 0 Å². The van der Waals surface area contributed by atoms with Crippen molar-refractivity contribution in [2.75, 3.05) is 20.3 Å². The second-order valence-electron chi connectivity index (χ2n) is 3.66. The van der Waals surface area contributed by atoms with Gasteiger partial charge < -0.3 is 9.47 Å². The van der Waals surface area contributed by atoms with Gasteiger partial charge in [-0.15, -0.1) is 6.42 Å². The van der Waals surface area contributed by atoms with Crippen LogP contribution in [0, 0.1) is 12.3 Å². The number of carbonyl (C=O) groups excluding carboxylic acids is 1. The van der Waals surface area contributed by atoms with Gasteiger partial charge in [0.1, 0.15) is 11.8 Å². The van der Waals surface area contributed by atoms with Crippen molar-refractivity contribution >= 4 is 21.9 Å². The first-order chi connectivity index (χ1) is 9.13. The van der Waals surface area contributed by atoms with Crippen molar-refractivity contribution < 1.29 is 14.3 Å². The van der Waals surface area contributed by atoms with E-state index in [2.05, 4.69) is 27.2 Å².